The Kier molecular flexibility index (Phi) is 2.84. The summed E-state index contributed by atoms with van der Waals surface area (Å²) in [4.78, 5) is 10.5. The Morgan fingerprint density at radius 1 is 1.36 bits per heavy atom. The zero-order valence-electron chi connectivity index (χ0n) is 6.71. The molecule has 11 heavy (non-hydrogen) atoms. The van der Waals surface area contributed by atoms with E-state index in [-0.39, 0.29) is 0 Å². The molecule has 1 aromatic carbocycles. The second-order valence-electron chi connectivity index (χ2n) is 2.57. The SMILES string of the molecule is CCCc1ccccc1C=O. The molecule has 0 fully saturated rings. The lowest BCUT2D eigenvalue weighted by Crippen LogP contribution is -1.90. The summed E-state index contributed by atoms with van der Waals surface area (Å²) in [6.45, 7) is 2.11. The van der Waals surface area contributed by atoms with Gasteiger partial charge in [0.1, 0.15) is 6.29 Å². The predicted molar refractivity (Wildman–Crippen MR) is 45.8 cm³/mol. The van der Waals surface area contributed by atoms with Crippen LogP contribution in [-0.2, 0) is 6.42 Å². The Morgan fingerprint density at radius 2 is 2.09 bits per heavy atom. The molecule has 1 aromatic rings. The van der Waals surface area contributed by atoms with Gasteiger partial charge in [-0.1, -0.05) is 37.6 Å². The maximum atomic E-state index is 10.5. The van der Waals surface area contributed by atoms with Gasteiger partial charge in [-0.3, -0.25) is 4.79 Å². The fourth-order valence-electron chi connectivity index (χ4n) is 1.15. The normalized spacial score (nSPS) is 9.55. The molecule has 0 spiro atoms. The van der Waals surface area contributed by atoms with Gasteiger partial charge >= 0.3 is 0 Å². The quantitative estimate of drug-likeness (QED) is 0.602. The monoisotopic (exact) mass is 148 g/mol. The molecule has 0 heterocycles. The van der Waals surface area contributed by atoms with Gasteiger partial charge in [0.2, 0.25) is 0 Å². The lowest BCUT2D eigenvalue weighted by molar-refractivity contribution is 0.112. The molecule has 0 radical (unpaired) electrons. The van der Waals surface area contributed by atoms with Crippen molar-refractivity contribution in [3.05, 3.63) is 35.4 Å². The molecule has 0 atom stereocenters. The van der Waals surface area contributed by atoms with Crippen LogP contribution in [0.4, 0.5) is 0 Å². The molecule has 0 aliphatic heterocycles. The van der Waals surface area contributed by atoms with E-state index in [0.717, 1.165) is 30.3 Å². The predicted octanol–water partition coefficient (Wildman–Crippen LogP) is 2.45. The maximum absolute atomic E-state index is 10.5. The third kappa shape index (κ3) is 1.90. The molecule has 0 N–H and O–H groups in total. The van der Waals surface area contributed by atoms with Gasteiger partial charge in [-0.2, -0.15) is 0 Å². The van der Waals surface area contributed by atoms with Crippen LogP contribution in [0.2, 0.25) is 0 Å². The molecule has 0 amide bonds. The Hall–Kier alpha value is -1.11. The van der Waals surface area contributed by atoms with E-state index >= 15 is 0 Å². The summed E-state index contributed by atoms with van der Waals surface area (Å²) in [6.07, 6.45) is 3.00. The molecule has 0 aromatic heterocycles. The summed E-state index contributed by atoms with van der Waals surface area (Å²) in [5.41, 5.74) is 1.99. The summed E-state index contributed by atoms with van der Waals surface area (Å²) in [5.74, 6) is 0. The third-order valence-electron chi connectivity index (χ3n) is 1.70. The average molecular weight is 148 g/mol. The Balaban J connectivity index is 2.92. The minimum atomic E-state index is 0.828. The van der Waals surface area contributed by atoms with Gasteiger partial charge in [0, 0.05) is 5.56 Å². The first kappa shape index (κ1) is 7.99. The number of carbonyl (C=O) groups excluding carboxylic acids is 1. The highest BCUT2D eigenvalue weighted by Gasteiger charge is 1.96. The minimum absolute atomic E-state index is 0.828. The van der Waals surface area contributed by atoms with Gasteiger partial charge in [0.25, 0.3) is 0 Å². The first-order chi connectivity index (χ1) is 5.38. The summed E-state index contributed by atoms with van der Waals surface area (Å²) in [6, 6.07) is 7.73. The molecule has 0 bridgehead atoms. The largest absolute Gasteiger partial charge is 0.298 e. The van der Waals surface area contributed by atoms with Crippen LogP contribution in [-0.4, -0.2) is 6.29 Å². The summed E-state index contributed by atoms with van der Waals surface area (Å²) in [5, 5.41) is 0. The highest BCUT2D eigenvalue weighted by Crippen LogP contribution is 2.07. The zero-order chi connectivity index (χ0) is 8.10. The van der Waals surface area contributed by atoms with Crippen LogP contribution in [0.5, 0.6) is 0 Å². The fraction of sp³-hybridized carbons (Fsp3) is 0.300. The molecule has 0 aliphatic rings. The van der Waals surface area contributed by atoms with E-state index in [1.165, 1.54) is 0 Å². The molecule has 0 saturated carbocycles. The molecule has 0 saturated heterocycles. The topological polar surface area (TPSA) is 17.1 Å². The minimum Gasteiger partial charge on any atom is -0.298 e. The van der Waals surface area contributed by atoms with Gasteiger partial charge in [0.05, 0.1) is 0 Å². The van der Waals surface area contributed by atoms with Crippen molar-refractivity contribution in [1.29, 1.82) is 0 Å². The highest BCUT2D eigenvalue weighted by molar-refractivity contribution is 5.77. The van der Waals surface area contributed by atoms with Crippen LogP contribution in [0.3, 0.4) is 0 Å². The van der Waals surface area contributed by atoms with E-state index in [1.807, 2.05) is 24.3 Å². The average Bonchev–Trinajstić information content (AvgIpc) is 2.06. The molecule has 1 nitrogen and oxygen atoms in total. The number of hydrogen-bond acceptors (Lipinski definition) is 1. The number of rotatable bonds is 3. The Labute approximate surface area is 67.1 Å². The standard InChI is InChI=1S/C10H12O/c1-2-5-9-6-3-4-7-10(9)8-11/h3-4,6-8H,2,5H2,1H3. The van der Waals surface area contributed by atoms with E-state index in [2.05, 4.69) is 6.92 Å². The van der Waals surface area contributed by atoms with Crippen molar-refractivity contribution in [2.45, 2.75) is 19.8 Å². The Bertz CT molecular complexity index is 240. The van der Waals surface area contributed by atoms with Gasteiger partial charge in [-0.25, -0.2) is 0 Å². The number of aryl methyl sites for hydroxylation is 1. The van der Waals surface area contributed by atoms with Crippen molar-refractivity contribution >= 4 is 6.29 Å². The molecular weight excluding hydrogens is 136 g/mol. The van der Waals surface area contributed by atoms with Crippen LogP contribution in [0.1, 0.15) is 29.3 Å². The van der Waals surface area contributed by atoms with E-state index < -0.39 is 0 Å². The molecule has 0 unspecified atom stereocenters. The highest BCUT2D eigenvalue weighted by atomic mass is 16.1. The molecular formula is C10H12O. The van der Waals surface area contributed by atoms with Crippen LogP contribution in [0.25, 0.3) is 0 Å². The number of aldehydes is 1. The molecule has 1 rings (SSSR count). The van der Waals surface area contributed by atoms with Crippen molar-refractivity contribution in [3.8, 4) is 0 Å². The first-order valence-corrected chi connectivity index (χ1v) is 3.91. The summed E-state index contributed by atoms with van der Waals surface area (Å²) in [7, 11) is 0. The fourth-order valence-corrected chi connectivity index (χ4v) is 1.15. The van der Waals surface area contributed by atoms with Crippen LogP contribution < -0.4 is 0 Å². The van der Waals surface area contributed by atoms with Crippen LogP contribution >= 0.6 is 0 Å². The van der Waals surface area contributed by atoms with E-state index in [4.69, 9.17) is 0 Å². The third-order valence-corrected chi connectivity index (χ3v) is 1.70. The van der Waals surface area contributed by atoms with Crippen molar-refractivity contribution in [1.82, 2.24) is 0 Å². The van der Waals surface area contributed by atoms with Gasteiger partial charge in [-0.15, -0.1) is 0 Å². The molecule has 1 heteroatoms. The number of hydrogen-bond donors (Lipinski definition) is 0. The van der Waals surface area contributed by atoms with Crippen LogP contribution in [0.15, 0.2) is 24.3 Å². The summed E-state index contributed by atoms with van der Waals surface area (Å²) >= 11 is 0. The Morgan fingerprint density at radius 3 is 2.73 bits per heavy atom. The van der Waals surface area contributed by atoms with Crippen molar-refractivity contribution in [3.63, 3.8) is 0 Å². The van der Waals surface area contributed by atoms with Crippen LogP contribution in [0, 0.1) is 0 Å². The first-order valence-electron chi connectivity index (χ1n) is 3.91. The molecule has 58 valence electrons. The van der Waals surface area contributed by atoms with Gasteiger partial charge < -0.3 is 0 Å². The van der Waals surface area contributed by atoms with Crippen molar-refractivity contribution < 1.29 is 4.79 Å². The lowest BCUT2D eigenvalue weighted by atomic mass is 10.0. The van der Waals surface area contributed by atoms with E-state index in [9.17, 15) is 4.79 Å². The maximum Gasteiger partial charge on any atom is 0.150 e. The second-order valence-corrected chi connectivity index (χ2v) is 2.57. The molecule has 0 aliphatic carbocycles. The summed E-state index contributed by atoms with van der Waals surface area (Å²) < 4.78 is 0. The lowest BCUT2D eigenvalue weighted by Gasteiger charge is -2.00. The van der Waals surface area contributed by atoms with E-state index in [1.54, 1.807) is 0 Å². The smallest absolute Gasteiger partial charge is 0.150 e. The van der Waals surface area contributed by atoms with Gasteiger partial charge in [-0.05, 0) is 12.0 Å². The number of benzene rings is 1. The second kappa shape index (κ2) is 3.91. The number of carbonyl (C=O) groups is 1. The zero-order valence-corrected chi connectivity index (χ0v) is 6.71. The van der Waals surface area contributed by atoms with Crippen molar-refractivity contribution in [2.75, 3.05) is 0 Å². The van der Waals surface area contributed by atoms with E-state index in [0.29, 0.717) is 0 Å². The van der Waals surface area contributed by atoms with Gasteiger partial charge in [0.15, 0.2) is 0 Å². The van der Waals surface area contributed by atoms with Crippen molar-refractivity contribution in [2.24, 2.45) is 0 Å².